The molecular weight excluding hydrogens is 258 g/mol. The van der Waals surface area contributed by atoms with Crippen LogP contribution >= 0.6 is 23.6 Å². The van der Waals surface area contributed by atoms with Crippen LogP contribution in [0, 0.1) is 13.8 Å². The number of nitrogens with two attached hydrogens (primary N) is 1. The second-order valence-corrected chi connectivity index (χ2v) is 4.94. The molecule has 5 nitrogen and oxygen atoms in total. The van der Waals surface area contributed by atoms with E-state index in [-0.39, 0.29) is 11.1 Å². The van der Waals surface area contributed by atoms with E-state index in [1.165, 1.54) is 11.3 Å². The third-order valence-corrected chi connectivity index (χ3v) is 3.57. The van der Waals surface area contributed by atoms with Crippen LogP contribution in [0.3, 0.4) is 0 Å². The van der Waals surface area contributed by atoms with Gasteiger partial charge in [0, 0.05) is 4.88 Å². The number of ether oxygens (including phenoxy) is 1. The number of carbonyl (C=O) groups is 1. The average molecular weight is 273 g/mol. The van der Waals surface area contributed by atoms with Gasteiger partial charge in [0.2, 0.25) is 0 Å². The van der Waals surface area contributed by atoms with Gasteiger partial charge in [0.15, 0.2) is 5.11 Å². The molecule has 0 aliphatic carbocycles. The fourth-order valence-corrected chi connectivity index (χ4v) is 2.52. The van der Waals surface area contributed by atoms with E-state index in [9.17, 15) is 4.79 Å². The van der Waals surface area contributed by atoms with E-state index in [2.05, 4.69) is 10.7 Å². The number of hydrazine groups is 1. The summed E-state index contributed by atoms with van der Waals surface area (Å²) < 4.78 is 5.01. The summed E-state index contributed by atoms with van der Waals surface area (Å²) in [5, 5.41) is 3.79. The van der Waals surface area contributed by atoms with Crippen LogP contribution in [0.4, 0.5) is 5.00 Å². The minimum atomic E-state index is -0.350. The molecule has 0 fully saturated rings. The SMILES string of the molecule is CCOC(=O)c1c(NC(=S)NN)sc(C)c1C. The molecule has 1 rings (SSSR count). The third kappa shape index (κ3) is 3.15. The van der Waals surface area contributed by atoms with Gasteiger partial charge in [-0.05, 0) is 38.6 Å². The van der Waals surface area contributed by atoms with Crippen molar-refractivity contribution < 1.29 is 9.53 Å². The van der Waals surface area contributed by atoms with Crippen molar-refractivity contribution >= 4 is 39.6 Å². The lowest BCUT2D eigenvalue weighted by Gasteiger charge is -2.07. The number of thiophene rings is 1. The average Bonchev–Trinajstić information content (AvgIpc) is 2.54. The Bertz CT molecular complexity index is 443. The number of rotatable bonds is 3. The molecule has 0 radical (unpaired) electrons. The van der Waals surface area contributed by atoms with Crippen LogP contribution in [-0.4, -0.2) is 17.7 Å². The zero-order valence-electron chi connectivity index (χ0n) is 9.92. The maximum Gasteiger partial charge on any atom is 0.341 e. The number of aryl methyl sites for hydroxylation is 1. The third-order valence-electron chi connectivity index (χ3n) is 2.22. The fraction of sp³-hybridized carbons (Fsp3) is 0.400. The Balaban J connectivity index is 3.08. The number of anilines is 1. The number of nitrogens with one attached hydrogen (secondary N) is 2. The largest absolute Gasteiger partial charge is 0.462 e. The summed E-state index contributed by atoms with van der Waals surface area (Å²) in [5.74, 6) is 4.83. The van der Waals surface area contributed by atoms with E-state index in [4.69, 9.17) is 22.8 Å². The molecule has 0 unspecified atom stereocenters. The Morgan fingerprint density at radius 3 is 2.71 bits per heavy atom. The molecule has 0 saturated heterocycles. The summed E-state index contributed by atoms with van der Waals surface area (Å²) in [7, 11) is 0. The monoisotopic (exact) mass is 273 g/mol. The van der Waals surface area contributed by atoms with Crippen LogP contribution in [0.5, 0.6) is 0 Å². The number of esters is 1. The molecule has 1 heterocycles. The Morgan fingerprint density at radius 2 is 2.18 bits per heavy atom. The maximum absolute atomic E-state index is 11.8. The zero-order chi connectivity index (χ0) is 13.0. The van der Waals surface area contributed by atoms with Crippen LogP contribution in [0.1, 0.15) is 27.7 Å². The highest BCUT2D eigenvalue weighted by Crippen LogP contribution is 2.32. The minimum absolute atomic E-state index is 0.261. The number of hydrogen-bond acceptors (Lipinski definition) is 5. The van der Waals surface area contributed by atoms with Crippen molar-refractivity contribution in [1.29, 1.82) is 0 Å². The smallest absolute Gasteiger partial charge is 0.341 e. The van der Waals surface area contributed by atoms with Crippen molar-refractivity contribution in [3.8, 4) is 0 Å². The normalized spacial score (nSPS) is 9.88. The molecule has 0 aliphatic heterocycles. The minimum Gasteiger partial charge on any atom is -0.462 e. The summed E-state index contributed by atoms with van der Waals surface area (Å²) >= 11 is 6.35. The molecule has 1 aromatic rings. The van der Waals surface area contributed by atoms with E-state index in [0.717, 1.165) is 10.4 Å². The molecule has 4 N–H and O–H groups in total. The summed E-state index contributed by atoms with van der Waals surface area (Å²) in [6.45, 7) is 5.92. The van der Waals surface area contributed by atoms with E-state index in [1.807, 2.05) is 13.8 Å². The Kier molecular flexibility index (Phi) is 4.86. The van der Waals surface area contributed by atoms with E-state index >= 15 is 0 Å². The van der Waals surface area contributed by atoms with Gasteiger partial charge in [-0.15, -0.1) is 11.3 Å². The first kappa shape index (κ1) is 13.9. The summed E-state index contributed by atoms with van der Waals surface area (Å²) in [6.07, 6.45) is 0. The molecule has 0 bridgehead atoms. The van der Waals surface area contributed by atoms with Crippen LogP contribution < -0.4 is 16.6 Å². The lowest BCUT2D eigenvalue weighted by atomic mass is 10.1. The molecule has 0 atom stereocenters. The Morgan fingerprint density at radius 1 is 1.53 bits per heavy atom. The van der Waals surface area contributed by atoms with Gasteiger partial charge in [-0.1, -0.05) is 0 Å². The van der Waals surface area contributed by atoms with Crippen molar-refractivity contribution in [3.63, 3.8) is 0 Å². The lowest BCUT2D eigenvalue weighted by Crippen LogP contribution is -2.34. The maximum atomic E-state index is 11.8. The lowest BCUT2D eigenvalue weighted by molar-refractivity contribution is 0.0527. The van der Waals surface area contributed by atoms with Crippen LogP contribution in [-0.2, 0) is 4.74 Å². The Labute approximate surface area is 109 Å². The molecule has 0 aromatic carbocycles. The molecule has 1 aromatic heterocycles. The van der Waals surface area contributed by atoms with E-state index in [1.54, 1.807) is 6.92 Å². The second kappa shape index (κ2) is 5.95. The van der Waals surface area contributed by atoms with Crippen LogP contribution in [0.25, 0.3) is 0 Å². The zero-order valence-corrected chi connectivity index (χ0v) is 11.6. The predicted octanol–water partition coefficient (Wildman–Crippen LogP) is 1.70. The van der Waals surface area contributed by atoms with Crippen LogP contribution in [0.2, 0.25) is 0 Å². The number of hydrogen-bond donors (Lipinski definition) is 3. The van der Waals surface area contributed by atoms with Gasteiger partial charge in [-0.25, -0.2) is 10.6 Å². The molecule has 0 aliphatic rings. The summed E-state index contributed by atoms with van der Waals surface area (Å²) in [4.78, 5) is 12.9. The Hall–Kier alpha value is -1.18. The number of carbonyl (C=O) groups excluding carboxylic acids is 1. The highest BCUT2D eigenvalue weighted by Gasteiger charge is 2.20. The fourth-order valence-electron chi connectivity index (χ4n) is 1.30. The molecular formula is C10H15N3O2S2. The first-order valence-corrected chi connectivity index (χ1v) is 6.28. The van der Waals surface area contributed by atoms with Crippen molar-refractivity contribution in [1.82, 2.24) is 5.43 Å². The van der Waals surface area contributed by atoms with Gasteiger partial charge < -0.3 is 15.5 Å². The standard InChI is InChI=1S/C10H15N3O2S2/c1-4-15-9(14)7-5(2)6(3)17-8(7)12-10(16)13-11/h4,11H2,1-3H3,(H2,12,13,16). The quantitative estimate of drug-likeness (QED) is 0.337. The predicted molar refractivity (Wildman–Crippen MR) is 73.3 cm³/mol. The van der Waals surface area contributed by atoms with Gasteiger partial charge in [0.25, 0.3) is 0 Å². The van der Waals surface area contributed by atoms with Gasteiger partial charge in [-0.2, -0.15) is 0 Å². The van der Waals surface area contributed by atoms with Gasteiger partial charge in [0.1, 0.15) is 5.00 Å². The molecule has 94 valence electrons. The molecule has 0 spiro atoms. The highest BCUT2D eigenvalue weighted by molar-refractivity contribution is 7.80. The van der Waals surface area contributed by atoms with Crippen molar-refractivity contribution in [2.45, 2.75) is 20.8 Å². The van der Waals surface area contributed by atoms with Crippen molar-refractivity contribution in [2.75, 3.05) is 11.9 Å². The van der Waals surface area contributed by atoms with Crippen molar-refractivity contribution in [3.05, 3.63) is 16.0 Å². The van der Waals surface area contributed by atoms with Crippen LogP contribution in [0.15, 0.2) is 0 Å². The first-order valence-electron chi connectivity index (χ1n) is 5.06. The highest BCUT2D eigenvalue weighted by atomic mass is 32.1. The summed E-state index contributed by atoms with van der Waals surface area (Å²) in [5.41, 5.74) is 3.73. The molecule has 7 heteroatoms. The van der Waals surface area contributed by atoms with Gasteiger partial charge in [-0.3, -0.25) is 0 Å². The first-order chi connectivity index (χ1) is 8.01. The van der Waals surface area contributed by atoms with E-state index < -0.39 is 0 Å². The second-order valence-electron chi connectivity index (χ2n) is 3.31. The topological polar surface area (TPSA) is 76.4 Å². The molecule has 17 heavy (non-hydrogen) atoms. The van der Waals surface area contributed by atoms with Crippen molar-refractivity contribution in [2.24, 2.45) is 5.84 Å². The molecule has 0 saturated carbocycles. The van der Waals surface area contributed by atoms with E-state index in [0.29, 0.717) is 17.2 Å². The summed E-state index contributed by atoms with van der Waals surface area (Å²) in [6, 6.07) is 0. The van der Waals surface area contributed by atoms with Gasteiger partial charge in [0.05, 0.1) is 12.2 Å². The molecule has 0 amide bonds. The number of thiocarbonyl (C=S) groups is 1. The van der Waals surface area contributed by atoms with Gasteiger partial charge >= 0.3 is 5.97 Å².